The Morgan fingerprint density at radius 1 is 1.25 bits per heavy atom. The number of furan rings is 1. The van der Waals surface area contributed by atoms with E-state index in [1.54, 1.807) is 22.5 Å². The van der Waals surface area contributed by atoms with Crippen LogP contribution in [0.3, 0.4) is 0 Å². The van der Waals surface area contributed by atoms with Crippen molar-refractivity contribution in [3.8, 4) is 0 Å². The lowest BCUT2D eigenvalue weighted by Crippen LogP contribution is -2.29. The molecule has 2 heterocycles. The molecule has 0 aliphatic carbocycles. The van der Waals surface area contributed by atoms with E-state index in [4.69, 9.17) is 9.40 Å². The number of thiazole rings is 1. The van der Waals surface area contributed by atoms with E-state index in [9.17, 15) is 4.79 Å². The van der Waals surface area contributed by atoms with Gasteiger partial charge in [0.2, 0.25) is 5.91 Å². The van der Waals surface area contributed by atoms with Crippen LogP contribution in [-0.2, 0) is 11.3 Å². The zero-order valence-electron chi connectivity index (χ0n) is 14.3. The van der Waals surface area contributed by atoms with E-state index in [0.29, 0.717) is 13.0 Å². The summed E-state index contributed by atoms with van der Waals surface area (Å²) >= 11 is 1.58. The highest BCUT2D eigenvalue weighted by Crippen LogP contribution is 2.34. The molecule has 0 fully saturated rings. The van der Waals surface area contributed by atoms with Gasteiger partial charge in [0.1, 0.15) is 5.76 Å². The first kappa shape index (κ1) is 16.7. The number of rotatable bonds is 6. The van der Waals surface area contributed by atoms with E-state index >= 15 is 0 Å². The standard InChI is InChI=1S/C19H22N2O2S/c1-4-5-8-16(22)21(12-15-7-6-11-23-15)19-20-17-13(2)9-10-14(3)18(17)24-19/h6-7,9-11H,4-5,8,12H2,1-3H3. The number of unbranched alkanes of at least 4 members (excludes halogenated alkanes) is 1. The molecular formula is C19H22N2O2S. The number of carbonyl (C=O) groups is 1. The molecule has 1 aromatic carbocycles. The molecule has 0 atom stereocenters. The van der Waals surface area contributed by atoms with Crippen LogP contribution in [0.25, 0.3) is 10.2 Å². The van der Waals surface area contributed by atoms with Gasteiger partial charge in [-0.3, -0.25) is 9.69 Å². The van der Waals surface area contributed by atoms with Crippen LogP contribution in [0.1, 0.15) is 43.1 Å². The maximum absolute atomic E-state index is 12.7. The number of benzene rings is 1. The van der Waals surface area contributed by atoms with Crippen molar-refractivity contribution in [2.75, 3.05) is 4.90 Å². The minimum absolute atomic E-state index is 0.0996. The molecule has 0 unspecified atom stereocenters. The van der Waals surface area contributed by atoms with Crippen LogP contribution >= 0.6 is 11.3 Å². The molecule has 0 N–H and O–H groups in total. The number of aromatic nitrogens is 1. The normalized spacial score (nSPS) is 11.1. The van der Waals surface area contributed by atoms with Gasteiger partial charge in [0.15, 0.2) is 5.13 Å². The molecule has 0 spiro atoms. The monoisotopic (exact) mass is 342 g/mol. The third kappa shape index (κ3) is 3.36. The van der Waals surface area contributed by atoms with Gasteiger partial charge >= 0.3 is 0 Å². The van der Waals surface area contributed by atoms with Crippen molar-refractivity contribution in [2.24, 2.45) is 0 Å². The third-order valence-corrected chi connectivity index (χ3v) is 5.31. The molecule has 126 valence electrons. The van der Waals surface area contributed by atoms with Crippen molar-refractivity contribution < 1.29 is 9.21 Å². The first-order chi connectivity index (χ1) is 11.6. The van der Waals surface area contributed by atoms with Crippen molar-refractivity contribution >= 4 is 32.6 Å². The van der Waals surface area contributed by atoms with Gasteiger partial charge in [0, 0.05) is 6.42 Å². The van der Waals surface area contributed by atoms with Gasteiger partial charge < -0.3 is 4.42 Å². The predicted molar refractivity (Wildman–Crippen MR) is 98.5 cm³/mol. The van der Waals surface area contributed by atoms with Gasteiger partial charge in [-0.1, -0.05) is 36.8 Å². The highest BCUT2D eigenvalue weighted by Gasteiger charge is 2.21. The van der Waals surface area contributed by atoms with Crippen LogP contribution in [0.5, 0.6) is 0 Å². The van der Waals surface area contributed by atoms with Crippen LogP contribution in [0, 0.1) is 13.8 Å². The zero-order chi connectivity index (χ0) is 17.1. The summed E-state index contributed by atoms with van der Waals surface area (Å²) in [6, 6.07) is 7.92. The molecule has 0 radical (unpaired) electrons. The maximum Gasteiger partial charge on any atom is 0.229 e. The predicted octanol–water partition coefficient (Wildman–Crippen LogP) is 5.23. The number of anilines is 1. The summed E-state index contributed by atoms with van der Waals surface area (Å²) in [7, 11) is 0. The molecule has 3 rings (SSSR count). The van der Waals surface area contributed by atoms with Gasteiger partial charge in [0.25, 0.3) is 0 Å². The molecule has 0 saturated carbocycles. The molecule has 1 amide bonds. The van der Waals surface area contributed by atoms with Crippen molar-refractivity contribution in [1.29, 1.82) is 0 Å². The molecule has 0 bridgehead atoms. The fourth-order valence-electron chi connectivity index (χ4n) is 2.65. The van der Waals surface area contributed by atoms with Crippen LogP contribution in [0.2, 0.25) is 0 Å². The number of amides is 1. The summed E-state index contributed by atoms with van der Waals surface area (Å²) in [5.41, 5.74) is 3.32. The second-order valence-electron chi connectivity index (χ2n) is 6.04. The topological polar surface area (TPSA) is 46.3 Å². The number of hydrogen-bond acceptors (Lipinski definition) is 4. The first-order valence-corrected chi connectivity index (χ1v) is 9.11. The smallest absolute Gasteiger partial charge is 0.229 e. The second kappa shape index (κ2) is 7.18. The van der Waals surface area contributed by atoms with Crippen LogP contribution < -0.4 is 4.90 Å². The Morgan fingerprint density at radius 2 is 2.04 bits per heavy atom. The van der Waals surface area contributed by atoms with Crippen molar-refractivity contribution in [1.82, 2.24) is 4.98 Å². The van der Waals surface area contributed by atoms with E-state index < -0.39 is 0 Å². The molecule has 2 aromatic heterocycles. The Bertz CT molecular complexity index is 798. The van der Waals surface area contributed by atoms with Crippen LogP contribution in [-0.4, -0.2) is 10.9 Å². The summed E-state index contributed by atoms with van der Waals surface area (Å²) in [4.78, 5) is 19.3. The van der Waals surface area contributed by atoms with E-state index in [2.05, 4.69) is 32.9 Å². The second-order valence-corrected chi connectivity index (χ2v) is 7.01. The molecule has 4 nitrogen and oxygen atoms in total. The minimum Gasteiger partial charge on any atom is -0.467 e. The summed E-state index contributed by atoms with van der Waals surface area (Å²) in [6.45, 7) is 6.66. The lowest BCUT2D eigenvalue weighted by molar-refractivity contribution is -0.118. The van der Waals surface area contributed by atoms with Crippen LogP contribution in [0.15, 0.2) is 34.9 Å². The Morgan fingerprint density at radius 3 is 2.71 bits per heavy atom. The first-order valence-electron chi connectivity index (χ1n) is 8.29. The van der Waals surface area contributed by atoms with E-state index in [1.165, 1.54) is 5.56 Å². The van der Waals surface area contributed by atoms with Gasteiger partial charge in [0.05, 0.1) is 23.0 Å². The summed E-state index contributed by atoms with van der Waals surface area (Å²) in [5.74, 6) is 0.871. The number of aryl methyl sites for hydroxylation is 2. The third-order valence-electron chi connectivity index (χ3n) is 4.10. The highest BCUT2D eigenvalue weighted by atomic mass is 32.1. The molecule has 5 heteroatoms. The molecular weight excluding hydrogens is 320 g/mol. The fraction of sp³-hybridized carbons (Fsp3) is 0.368. The number of carbonyl (C=O) groups excluding carboxylic acids is 1. The van der Waals surface area contributed by atoms with E-state index in [-0.39, 0.29) is 5.91 Å². The van der Waals surface area contributed by atoms with Gasteiger partial charge in [-0.05, 0) is 43.5 Å². The van der Waals surface area contributed by atoms with Crippen molar-refractivity contribution in [2.45, 2.75) is 46.6 Å². The molecule has 24 heavy (non-hydrogen) atoms. The van der Waals surface area contributed by atoms with E-state index in [1.807, 2.05) is 12.1 Å². The minimum atomic E-state index is 0.0996. The van der Waals surface area contributed by atoms with Gasteiger partial charge in [-0.25, -0.2) is 4.98 Å². The van der Waals surface area contributed by atoms with Gasteiger partial charge in [-0.2, -0.15) is 0 Å². The average molecular weight is 342 g/mol. The Labute approximate surface area is 146 Å². The highest BCUT2D eigenvalue weighted by molar-refractivity contribution is 7.22. The SMILES string of the molecule is CCCCC(=O)N(Cc1ccco1)c1nc2c(C)ccc(C)c2s1. The molecule has 0 aliphatic heterocycles. The Hall–Kier alpha value is -2.14. The molecule has 3 aromatic rings. The zero-order valence-corrected chi connectivity index (χ0v) is 15.2. The van der Waals surface area contributed by atoms with Crippen LogP contribution in [0.4, 0.5) is 5.13 Å². The summed E-state index contributed by atoms with van der Waals surface area (Å²) < 4.78 is 6.60. The summed E-state index contributed by atoms with van der Waals surface area (Å²) in [5, 5.41) is 0.750. The van der Waals surface area contributed by atoms with Crippen molar-refractivity contribution in [3.05, 3.63) is 47.4 Å². The lowest BCUT2D eigenvalue weighted by Gasteiger charge is -2.18. The number of hydrogen-bond donors (Lipinski definition) is 0. The number of fused-ring (bicyclic) bond motifs is 1. The fourth-order valence-corrected chi connectivity index (χ4v) is 3.78. The van der Waals surface area contributed by atoms with E-state index in [0.717, 1.165) is 39.5 Å². The number of nitrogens with zero attached hydrogens (tertiary/aromatic N) is 2. The quantitative estimate of drug-likeness (QED) is 0.616. The molecule has 0 aliphatic rings. The van der Waals surface area contributed by atoms with Gasteiger partial charge in [-0.15, -0.1) is 0 Å². The lowest BCUT2D eigenvalue weighted by atomic mass is 10.1. The average Bonchev–Trinajstić information content (AvgIpc) is 3.23. The Kier molecular flexibility index (Phi) is 5.00. The maximum atomic E-state index is 12.7. The Balaban J connectivity index is 1.99. The van der Waals surface area contributed by atoms with Crippen molar-refractivity contribution in [3.63, 3.8) is 0 Å². The summed E-state index contributed by atoms with van der Waals surface area (Å²) in [6.07, 6.45) is 4.05. The molecule has 0 saturated heterocycles. The largest absolute Gasteiger partial charge is 0.467 e.